The van der Waals surface area contributed by atoms with Gasteiger partial charge in [-0.3, -0.25) is 4.68 Å². The van der Waals surface area contributed by atoms with Gasteiger partial charge < -0.3 is 11.1 Å². The molecule has 3 aromatic rings. The molecule has 0 saturated carbocycles. The quantitative estimate of drug-likeness (QED) is 0.755. The van der Waals surface area contributed by atoms with E-state index in [0.717, 1.165) is 23.3 Å². The number of rotatable bonds is 4. The van der Waals surface area contributed by atoms with Crippen LogP contribution in [0.4, 0.5) is 11.8 Å². The SMILES string of the molecule is CC(Cn1cccn1)Nc1nc(N)nc2ccccc12. The number of hydrogen-bond donors (Lipinski definition) is 2. The third kappa shape index (κ3) is 2.54. The van der Waals surface area contributed by atoms with E-state index in [-0.39, 0.29) is 12.0 Å². The van der Waals surface area contributed by atoms with Crippen LogP contribution in [0.3, 0.4) is 0 Å². The molecule has 3 N–H and O–H groups in total. The molecule has 0 fully saturated rings. The minimum atomic E-state index is 0.174. The molecule has 1 atom stereocenters. The zero-order valence-corrected chi connectivity index (χ0v) is 11.2. The van der Waals surface area contributed by atoms with Crippen LogP contribution in [-0.4, -0.2) is 25.8 Å². The molecule has 2 aromatic heterocycles. The van der Waals surface area contributed by atoms with Gasteiger partial charge in [-0.1, -0.05) is 12.1 Å². The maximum atomic E-state index is 5.76. The van der Waals surface area contributed by atoms with Crippen molar-refractivity contribution in [3.8, 4) is 0 Å². The van der Waals surface area contributed by atoms with Crippen LogP contribution in [0.5, 0.6) is 0 Å². The highest BCUT2D eigenvalue weighted by Gasteiger charge is 2.09. The smallest absolute Gasteiger partial charge is 0.222 e. The molecule has 6 nitrogen and oxygen atoms in total. The summed E-state index contributed by atoms with van der Waals surface area (Å²) in [6.07, 6.45) is 3.70. The van der Waals surface area contributed by atoms with Crippen molar-refractivity contribution in [1.82, 2.24) is 19.7 Å². The Bertz CT molecular complexity index is 707. The first-order chi connectivity index (χ1) is 9.72. The molecule has 20 heavy (non-hydrogen) atoms. The zero-order valence-electron chi connectivity index (χ0n) is 11.2. The first-order valence-electron chi connectivity index (χ1n) is 6.48. The Hall–Kier alpha value is -2.63. The summed E-state index contributed by atoms with van der Waals surface area (Å²) in [5.74, 6) is 1.03. The molecule has 0 saturated heterocycles. The zero-order chi connectivity index (χ0) is 13.9. The van der Waals surface area contributed by atoms with Gasteiger partial charge in [0.15, 0.2) is 0 Å². The summed E-state index contributed by atoms with van der Waals surface area (Å²) in [7, 11) is 0. The Morgan fingerprint density at radius 3 is 2.90 bits per heavy atom. The summed E-state index contributed by atoms with van der Waals surface area (Å²) >= 11 is 0. The third-order valence-electron chi connectivity index (χ3n) is 3.02. The van der Waals surface area contributed by atoms with E-state index in [9.17, 15) is 0 Å². The topological polar surface area (TPSA) is 81.7 Å². The maximum absolute atomic E-state index is 5.76. The lowest BCUT2D eigenvalue weighted by molar-refractivity contribution is 0.560. The number of aromatic nitrogens is 4. The van der Waals surface area contributed by atoms with E-state index in [1.54, 1.807) is 6.20 Å². The van der Waals surface area contributed by atoms with Gasteiger partial charge in [0.05, 0.1) is 12.1 Å². The van der Waals surface area contributed by atoms with Crippen LogP contribution in [0.15, 0.2) is 42.7 Å². The number of benzene rings is 1. The molecule has 0 aliphatic rings. The van der Waals surface area contributed by atoms with Gasteiger partial charge in [-0.25, -0.2) is 4.98 Å². The van der Waals surface area contributed by atoms with Crippen molar-refractivity contribution in [2.45, 2.75) is 19.5 Å². The van der Waals surface area contributed by atoms with Gasteiger partial charge >= 0.3 is 0 Å². The molecule has 0 spiro atoms. The van der Waals surface area contributed by atoms with Gasteiger partial charge in [-0.15, -0.1) is 0 Å². The highest BCUT2D eigenvalue weighted by Crippen LogP contribution is 2.21. The second-order valence-electron chi connectivity index (χ2n) is 4.72. The highest BCUT2D eigenvalue weighted by atomic mass is 15.3. The van der Waals surface area contributed by atoms with Crippen LogP contribution >= 0.6 is 0 Å². The first kappa shape index (κ1) is 12.4. The van der Waals surface area contributed by atoms with Crippen LogP contribution in [0.1, 0.15) is 6.92 Å². The van der Waals surface area contributed by atoms with Gasteiger partial charge in [0, 0.05) is 23.8 Å². The van der Waals surface area contributed by atoms with Crippen LogP contribution < -0.4 is 11.1 Å². The van der Waals surface area contributed by atoms with Gasteiger partial charge in [-0.05, 0) is 25.1 Å². The fourth-order valence-electron chi connectivity index (χ4n) is 2.17. The second kappa shape index (κ2) is 5.16. The molecule has 2 heterocycles. The molecule has 0 aliphatic heterocycles. The Morgan fingerprint density at radius 1 is 1.25 bits per heavy atom. The van der Waals surface area contributed by atoms with Crippen molar-refractivity contribution in [3.63, 3.8) is 0 Å². The molecule has 0 aliphatic carbocycles. The second-order valence-corrected chi connectivity index (χ2v) is 4.72. The number of nitrogens with two attached hydrogens (primary N) is 1. The highest BCUT2D eigenvalue weighted by molar-refractivity contribution is 5.89. The van der Waals surface area contributed by atoms with E-state index in [1.165, 1.54) is 0 Å². The van der Waals surface area contributed by atoms with Crippen molar-refractivity contribution in [3.05, 3.63) is 42.7 Å². The average Bonchev–Trinajstić information content (AvgIpc) is 2.91. The summed E-state index contributed by atoms with van der Waals surface area (Å²) < 4.78 is 1.88. The van der Waals surface area contributed by atoms with Crippen LogP contribution in [0, 0.1) is 0 Å². The first-order valence-corrected chi connectivity index (χ1v) is 6.48. The average molecular weight is 268 g/mol. The Balaban J connectivity index is 1.86. The summed E-state index contributed by atoms with van der Waals surface area (Å²) in [4.78, 5) is 8.52. The normalized spacial score (nSPS) is 12.4. The number of nitrogens with zero attached hydrogens (tertiary/aromatic N) is 4. The van der Waals surface area contributed by atoms with E-state index >= 15 is 0 Å². The Kier molecular flexibility index (Phi) is 3.20. The molecule has 0 amide bonds. The van der Waals surface area contributed by atoms with E-state index in [0.29, 0.717) is 0 Å². The largest absolute Gasteiger partial charge is 0.368 e. The lowest BCUT2D eigenvalue weighted by Gasteiger charge is -2.16. The van der Waals surface area contributed by atoms with Gasteiger partial charge in [-0.2, -0.15) is 10.1 Å². The summed E-state index contributed by atoms with van der Waals surface area (Å²) in [6, 6.07) is 9.89. The predicted octanol–water partition coefficient (Wildman–Crippen LogP) is 1.91. The predicted molar refractivity (Wildman–Crippen MR) is 79.3 cm³/mol. The standard InChI is InChI=1S/C14H16N6/c1-10(9-20-8-4-7-16-20)17-13-11-5-2-3-6-12(11)18-14(15)19-13/h2-8,10H,9H2,1H3,(H3,15,17,18,19). The number of nitrogen functional groups attached to an aromatic ring is 1. The minimum Gasteiger partial charge on any atom is -0.368 e. The van der Waals surface area contributed by atoms with Crippen molar-refractivity contribution >= 4 is 22.7 Å². The molecule has 0 bridgehead atoms. The lowest BCUT2D eigenvalue weighted by atomic mass is 10.2. The van der Waals surface area contributed by atoms with Gasteiger partial charge in [0.25, 0.3) is 0 Å². The van der Waals surface area contributed by atoms with Gasteiger partial charge in [0.2, 0.25) is 5.95 Å². The fourth-order valence-corrected chi connectivity index (χ4v) is 2.17. The number of para-hydroxylation sites is 1. The molecule has 6 heteroatoms. The number of fused-ring (bicyclic) bond motifs is 1. The Labute approximate surface area is 116 Å². The van der Waals surface area contributed by atoms with Gasteiger partial charge in [0.1, 0.15) is 5.82 Å². The number of nitrogens with one attached hydrogen (secondary N) is 1. The fraction of sp³-hybridized carbons (Fsp3) is 0.214. The van der Waals surface area contributed by atoms with Crippen molar-refractivity contribution in [2.75, 3.05) is 11.1 Å². The monoisotopic (exact) mass is 268 g/mol. The van der Waals surface area contributed by atoms with Crippen LogP contribution in [-0.2, 0) is 6.54 Å². The van der Waals surface area contributed by atoms with E-state index in [1.807, 2.05) is 41.2 Å². The lowest BCUT2D eigenvalue weighted by Crippen LogP contribution is -2.23. The van der Waals surface area contributed by atoms with E-state index < -0.39 is 0 Å². The molecular formula is C14H16N6. The van der Waals surface area contributed by atoms with Crippen molar-refractivity contribution in [1.29, 1.82) is 0 Å². The molecule has 1 unspecified atom stereocenters. The molecule has 102 valence electrons. The van der Waals surface area contributed by atoms with Crippen LogP contribution in [0.25, 0.3) is 10.9 Å². The van der Waals surface area contributed by atoms with Crippen molar-refractivity contribution < 1.29 is 0 Å². The Morgan fingerprint density at radius 2 is 2.10 bits per heavy atom. The molecule has 3 rings (SSSR count). The third-order valence-corrected chi connectivity index (χ3v) is 3.02. The molecule has 0 radical (unpaired) electrons. The number of anilines is 2. The minimum absolute atomic E-state index is 0.174. The maximum Gasteiger partial charge on any atom is 0.222 e. The van der Waals surface area contributed by atoms with E-state index in [2.05, 4.69) is 27.3 Å². The van der Waals surface area contributed by atoms with Crippen molar-refractivity contribution in [2.24, 2.45) is 0 Å². The summed E-state index contributed by atoms with van der Waals surface area (Å²) in [5.41, 5.74) is 6.60. The summed E-state index contributed by atoms with van der Waals surface area (Å²) in [6.45, 7) is 2.83. The summed E-state index contributed by atoms with van der Waals surface area (Å²) in [5, 5.41) is 8.54. The number of hydrogen-bond acceptors (Lipinski definition) is 5. The molecule has 1 aromatic carbocycles. The molecular weight excluding hydrogens is 252 g/mol. The van der Waals surface area contributed by atoms with E-state index in [4.69, 9.17) is 5.73 Å². The van der Waals surface area contributed by atoms with Crippen LogP contribution in [0.2, 0.25) is 0 Å².